The van der Waals surface area contributed by atoms with Gasteiger partial charge in [-0.3, -0.25) is 0 Å². The monoisotopic (exact) mass is 205 g/mol. The van der Waals surface area contributed by atoms with Crippen molar-refractivity contribution in [1.82, 2.24) is 0 Å². The van der Waals surface area contributed by atoms with Crippen molar-refractivity contribution in [3.8, 4) is 11.3 Å². The third-order valence-corrected chi connectivity index (χ3v) is 2.27. The first-order chi connectivity index (χ1) is 7.31. The van der Waals surface area contributed by atoms with Gasteiger partial charge in [-0.15, -0.1) is 0 Å². The molecular weight excluding hydrogens is 193 g/mol. The minimum absolute atomic E-state index is 0.245. The van der Waals surface area contributed by atoms with Gasteiger partial charge in [0.1, 0.15) is 11.6 Å². The molecule has 2 rings (SSSR count). The highest BCUT2D eigenvalue weighted by molar-refractivity contribution is 5.61. The zero-order valence-corrected chi connectivity index (χ0v) is 8.24. The first-order valence-corrected chi connectivity index (χ1v) is 4.83. The van der Waals surface area contributed by atoms with Crippen LogP contribution in [0.4, 0.5) is 4.39 Å². The SMILES string of the molecule is NCCc1ccoc1-c1ccc(F)cc1. The maximum Gasteiger partial charge on any atom is 0.137 e. The molecular formula is C12H12FNO. The van der Waals surface area contributed by atoms with Crippen LogP contribution in [0.25, 0.3) is 11.3 Å². The van der Waals surface area contributed by atoms with Crippen LogP contribution in [-0.4, -0.2) is 6.54 Å². The predicted molar refractivity (Wildman–Crippen MR) is 56.9 cm³/mol. The summed E-state index contributed by atoms with van der Waals surface area (Å²) in [6, 6.07) is 8.14. The van der Waals surface area contributed by atoms with Crippen molar-refractivity contribution < 1.29 is 8.81 Å². The Labute approximate surface area is 87.5 Å². The lowest BCUT2D eigenvalue weighted by Crippen LogP contribution is -2.02. The molecule has 0 aliphatic heterocycles. The molecule has 15 heavy (non-hydrogen) atoms. The van der Waals surface area contributed by atoms with E-state index in [0.29, 0.717) is 6.54 Å². The summed E-state index contributed by atoms with van der Waals surface area (Å²) in [5.41, 5.74) is 7.43. The van der Waals surface area contributed by atoms with Gasteiger partial charge in [-0.05, 0) is 48.9 Å². The summed E-state index contributed by atoms with van der Waals surface area (Å²) in [7, 11) is 0. The molecule has 0 aliphatic rings. The molecule has 0 bridgehead atoms. The number of furan rings is 1. The molecule has 1 heterocycles. The van der Waals surface area contributed by atoms with Crippen molar-refractivity contribution in [2.45, 2.75) is 6.42 Å². The predicted octanol–water partition coefficient (Wildman–Crippen LogP) is 2.59. The van der Waals surface area contributed by atoms with Crippen LogP contribution in [0.15, 0.2) is 41.0 Å². The molecule has 0 unspecified atom stereocenters. The second-order valence-corrected chi connectivity index (χ2v) is 3.32. The molecule has 0 saturated carbocycles. The summed E-state index contributed by atoms with van der Waals surface area (Å²) in [5.74, 6) is 0.533. The fourth-order valence-electron chi connectivity index (χ4n) is 1.54. The molecule has 0 amide bonds. The summed E-state index contributed by atoms with van der Waals surface area (Å²) >= 11 is 0. The van der Waals surface area contributed by atoms with E-state index in [2.05, 4.69) is 0 Å². The van der Waals surface area contributed by atoms with Crippen LogP contribution in [0.5, 0.6) is 0 Å². The summed E-state index contributed by atoms with van der Waals surface area (Å²) < 4.78 is 18.1. The van der Waals surface area contributed by atoms with Crippen molar-refractivity contribution in [2.24, 2.45) is 5.73 Å². The minimum atomic E-state index is -0.245. The number of halogens is 1. The van der Waals surface area contributed by atoms with Crippen LogP contribution in [0, 0.1) is 5.82 Å². The van der Waals surface area contributed by atoms with Gasteiger partial charge in [-0.1, -0.05) is 0 Å². The molecule has 0 atom stereocenters. The lowest BCUT2D eigenvalue weighted by molar-refractivity contribution is 0.578. The van der Waals surface area contributed by atoms with E-state index in [1.54, 1.807) is 18.4 Å². The average Bonchev–Trinajstić information content (AvgIpc) is 2.68. The summed E-state index contributed by atoms with van der Waals surface area (Å²) in [5, 5.41) is 0. The Morgan fingerprint density at radius 3 is 2.53 bits per heavy atom. The Balaban J connectivity index is 2.36. The molecule has 2 nitrogen and oxygen atoms in total. The van der Waals surface area contributed by atoms with Crippen LogP contribution in [0.3, 0.4) is 0 Å². The van der Waals surface area contributed by atoms with Crippen molar-refractivity contribution in [1.29, 1.82) is 0 Å². The number of rotatable bonds is 3. The van der Waals surface area contributed by atoms with E-state index < -0.39 is 0 Å². The van der Waals surface area contributed by atoms with Crippen LogP contribution in [0.1, 0.15) is 5.56 Å². The molecule has 78 valence electrons. The molecule has 0 aliphatic carbocycles. The summed E-state index contributed by atoms with van der Waals surface area (Å²) in [4.78, 5) is 0. The van der Waals surface area contributed by atoms with E-state index >= 15 is 0 Å². The van der Waals surface area contributed by atoms with Gasteiger partial charge in [0.15, 0.2) is 0 Å². The summed E-state index contributed by atoms with van der Waals surface area (Å²) in [6.45, 7) is 0.577. The fraction of sp³-hybridized carbons (Fsp3) is 0.167. The van der Waals surface area contributed by atoms with Crippen molar-refractivity contribution in [3.05, 3.63) is 48.0 Å². The zero-order valence-electron chi connectivity index (χ0n) is 8.24. The van der Waals surface area contributed by atoms with Gasteiger partial charge in [0.05, 0.1) is 6.26 Å². The van der Waals surface area contributed by atoms with Crippen molar-refractivity contribution in [3.63, 3.8) is 0 Å². The highest BCUT2D eigenvalue weighted by atomic mass is 19.1. The van der Waals surface area contributed by atoms with Gasteiger partial charge < -0.3 is 10.2 Å². The average molecular weight is 205 g/mol. The minimum Gasteiger partial charge on any atom is -0.464 e. The molecule has 2 aromatic rings. The van der Waals surface area contributed by atoms with Gasteiger partial charge in [-0.25, -0.2) is 4.39 Å². The second-order valence-electron chi connectivity index (χ2n) is 3.32. The maximum atomic E-state index is 12.7. The highest BCUT2D eigenvalue weighted by Gasteiger charge is 2.07. The topological polar surface area (TPSA) is 39.2 Å². The van der Waals surface area contributed by atoms with Gasteiger partial charge >= 0.3 is 0 Å². The van der Waals surface area contributed by atoms with Gasteiger partial charge in [0.2, 0.25) is 0 Å². The molecule has 3 heteroatoms. The van der Waals surface area contributed by atoms with E-state index in [-0.39, 0.29) is 5.82 Å². The van der Waals surface area contributed by atoms with E-state index in [9.17, 15) is 4.39 Å². The van der Waals surface area contributed by atoms with Crippen LogP contribution < -0.4 is 5.73 Å². The first kappa shape index (κ1) is 9.93. The molecule has 1 aromatic heterocycles. The zero-order chi connectivity index (χ0) is 10.7. The molecule has 0 fully saturated rings. The standard InChI is InChI=1S/C12H12FNO/c13-11-3-1-9(2-4-11)12-10(5-7-14)6-8-15-12/h1-4,6,8H,5,7,14H2. The van der Waals surface area contributed by atoms with Crippen LogP contribution in [-0.2, 0) is 6.42 Å². The Kier molecular flexibility index (Phi) is 2.83. The van der Waals surface area contributed by atoms with Crippen LogP contribution in [0.2, 0.25) is 0 Å². The number of hydrogen-bond acceptors (Lipinski definition) is 2. The number of benzene rings is 1. The molecule has 1 aromatic carbocycles. The largest absolute Gasteiger partial charge is 0.464 e. The quantitative estimate of drug-likeness (QED) is 0.836. The lowest BCUT2D eigenvalue weighted by Gasteiger charge is -2.01. The van der Waals surface area contributed by atoms with E-state index in [1.165, 1.54) is 12.1 Å². The third-order valence-electron chi connectivity index (χ3n) is 2.27. The Hall–Kier alpha value is -1.61. The Bertz CT molecular complexity index is 433. The van der Waals surface area contributed by atoms with E-state index in [0.717, 1.165) is 23.3 Å². The molecule has 0 spiro atoms. The molecule has 0 radical (unpaired) electrons. The Morgan fingerprint density at radius 2 is 1.87 bits per heavy atom. The van der Waals surface area contributed by atoms with Crippen LogP contribution >= 0.6 is 0 Å². The molecule has 0 saturated heterocycles. The maximum absolute atomic E-state index is 12.7. The number of hydrogen-bond donors (Lipinski definition) is 1. The fourth-order valence-corrected chi connectivity index (χ4v) is 1.54. The van der Waals surface area contributed by atoms with E-state index in [4.69, 9.17) is 10.2 Å². The summed E-state index contributed by atoms with van der Waals surface area (Å²) in [6.07, 6.45) is 2.40. The van der Waals surface area contributed by atoms with Crippen molar-refractivity contribution in [2.75, 3.05) is 6.54 Å². The number of nitrogens with two attached hydrogens (primary N) is 1. The third kappa shape index (κ3) is 2.07. The van der Waals surface area contributed by atoms with E-state index in [1.807, 2.05) is 6.07 Å². The van der Waals surface area contributed by atoms with Crippen molar-refractivity contribution >= 4 is 0 Å². The normalized spacial score (nSPS) is 10.5. The van der Waals surface area contributed by atoms with Gasteiger partial charge in [-0.2, -0.15) is 0 Å². The van der Waals surface area contributed by atoms with Gasteiger partial charge in [0, 0.05) is 5.56 Å². The first-order valence-electron chi connectivity index (χ1n) is 4.83. The highest BCUT2D eigenvalue weighted by Crippen LogP contribution is 2.25. The lowest BCUT2D eigenvalue weighted by atomic mass is 10.1. The van der Waals surface area contributed by atoms with Gasteiger partial charge in [0.25, 0.3) is 0 Å². The second kappa shape index (κ2) is 4.28. The Morgan fingerprint density at radius 1 is 1.13 bits per heavy atom. The molecule has 2 N–H and O–H groups in total. The smallest absolute Gasteiger partial charge is 0.137 e.